The van der Waals surface area contributed by atoms with Crippen LogP contribution in [0.25, 0.3) is 5.69 Å². The van der Waals surface area contributed by atoms with E-state index in [9.17, 15) is 0 Å². The quantitative estimate of drug-likeness (QED) is 0.836. The van der Waals surface area contributed by atoms with E-state index in [1.165, 1.54) is 11.1 Å². The lowest BCUT2D eigenvalue weighted by Gasteiger charge is -2.07. The second kappa shape index (κ2) is 4.10. The van der Waals surface area contributed by atoms with Crippen molar-refractivity contribution in [3.05, 3.63) is 46.8 Å². The monoisotopic (exact) mass is 216 g/mol. The molecule has 0 saturated heterocycles. The molecule has 84 valence electrons. The molecule has 0 spiro atoms. The number of aryl methyl sites for hydroxylation is 2. The first-order valence-corrected chi connectivity index (χ1v) is 5.36. The van der Waals surface area contributed by atoms with Crippen molar-refractivity contribution in [2.45, 2.75) is 27.4 Å². The normalized spacial score (nSPS) is 10.8. The zero-order chi connectivity index (χ0) is 11.7. The molecule has 2 rings (SSSR count). The molecule has 1 aromatic carbocycles. The van der Waals surface area contributed by atoms with E-state index in [1.54, 1.807) is 0 Å². The molecule has 0 bridgehead atoms. The summed E-state index contributed by atoms with van der Waals surface area (Å²) in [6.45, 7) is 6.12. The minimum atomic E-state index is 0.0384. The molecule has 3 nitrogen and oxygen atoms in total. The average Bonchev–Trinajstić information content (AvgIpc) is 2.63. The molecule has 0 unspecified atom stereocenters. The van der Waals surface area contributed by atoms with E-state index in [0.29, 0.717) is 0 Å². The van der Waals surface area contributed by atoms with E-state index < -0.39 is 0 Å². The first kappa shape index (κ1) is 10.9. The molecule has 16 heavy (non-hydrogen) atoms. The van der Waals surface area contributed by atoms with Crippen LogP contribution in [0.5, 0.6) is 0 Å². The Morgan fingerprint density at radius 1 is 1.25 bits per heavy atom. The summed E-state index contributed by atoms with van der Waals surface area (Å²) in [6, 6.07) is 6.14. The standard InChI is InChI=1S/C13H16N2O/c1-9-5-4-6-13(10(9)2)15-7-12(8-16)11(3)14-15/h4-7,16H,8H2,1-3H3. The van der Waals surface area contributed by atoms with Crippen molar-refractivity contribution >= 4 is 0 Å². The maximum atomic E-state index is 9.15. The van der Waals surface area contributed by atoms with Gasteiger partial charge in [0.25, 0.3) is 0 Å². The SMILES string of the molecule is Cc1cccc(-n2cc(CO)c(C)n2)c1C. The van der Waals surface area contributed by atoms with Gasteiger partial charge in [-0.3, -0.25) is 0 Å². The van der Waals surface area contributed by atoms with E-state index in [2.05, 4.69) is 25.0 Å². The third-order valence-corrected chi connectivity index (χ3v) is 2.99. The van der Waals surface area contributed by atoms with Crippen molar-refractivity contribution in [2.24, 2.45) is 0 Å². The highest BCUT2D eigenvalue weighted by Crippen LogP contribution is 2.18. The summed E-state index contributed by atoms with van der Waals surface area (Å²) >= 11 is 0. The van der Waals surface area contributed by atoms with Crippen LogP contribution < -0.4 is 0 Å². The van der Waals surface area contributed by atoms with Crippen LogP contribution in [-0.2, 0) is 6.61 Å². The lowest BCUT2D eigenvalue weighted by atomic mass is 10.1. The molecule has 0 aliphatic rings. The van der Waals surface area contributed by atoms with Gasteiger partial charge in [0.1, 0.15) is 0 Å². The fourth-order valence-corrected chi connectivity index (χ4v) is 1.76. The van der Waals surface area contributed by atoms with Gasteiger partial charge in [0.05, 0.1) is 18.0 Å². The summed E-state index contributed by atoms with van der Waals surface area (Å²) in [7, 11) is 0. The number of hydrogen-bond donors (Lipinski definition) is 1. The van der Waals surface area contributed by atoms with Gasteiger partial charge < -0.3 is 5.11 Å². The van der Waals surface area contributed by atoms with Crippen molar-refractivity contribution < 1.29 is 5.11 Å². The molecule has 2 aromatic rings. The van der Waals surface area contributed by atoms with Crippen LogP contribution in [0.4, 0.5) is 0 Å². The van der Waals surface area contributed by atoms with Gasteiger partial charge >= 0.3 is 0 Å². The summed E-state index contributed by atoms with van der Waals surface area (Å²) < 4.78 is 1.84. The van der Waals surface area contributed by atoms with Crippen molar-refractivity contribution in [1.29, 1.82) is 0 Å². The van der Waals surface area contributed by atoms with Crippen LogP contribution in [0.1, 0.15) is 22.4 Å². The predicted molar refractivity (Wildman–Crippen MR) is 63.7 cm³/mol. The number of benzene rings is 1. The fourth-order valence-electron chi connectivity index (χ4n) is 1.76. The topological polar surface area (TPSA) is 38.0 Å². The highest BCUT2D eigenvalue weighted by atomic mass is 16.3. The number of aliphatic hydroxyl groups is 1. The molecule has 0 amide bonds. The van der Waals surface area contributed by atoms with Crippen LogP contribution in [0.15, 0.2) is 24.4 Å². The summed E-state index contributed by atoms with van der Waals surface area (Å²) in [6.07, 6.45) is 1.89. The number of nitrogens with zero attached hydrogens (tertiary/aromatic N) is 2. The number of aromatic nitrogens is 2. The second-order valence-electron chi connectivity index (χ2n) is 4.06. The Labute approximate surface area is 95.3 Å². The van der Waals surface area contributed by atoms with Gasteiger partial charge in [0, 0.05) is 11.8 Å². The highest BCUT2D eigenvalue weighted by molar-refractivity contribution is 5.44. The molecular weight excluding hydrogens is 200 g/mol. The van der Waals surface area contributed by atoms with Gasteiger partial charge in [-0.2, -0.15) is 5.10 Å². The van der Waals surface area contributed by atoms with Crippen molar-refractivity contribution in [1.82, 2.24) is 9.78 Å². The lowest BCUT2D eigenvalue weighted by molar-refractivity contribution is 0.281. The zero-order valence-electron chi connectivity index (χ0n) is 9.86. The Morgan fingerprint density at radius 3 is 2.62 bits per heavy atom. The summed E-state index contributed by atoms with van der Waals surface area (Å²) in [5.74, 6) is 0. The molecule has 0 atom stereocenters. The minimum absolute atomic E-state index is 0.0384. The first-order chi connectivity index (χ1) is 7.63. The zero-order valence-corrected chi connectivity index (χ0v) is 9.86. The first-order valence-electron chi connectivity index (χ1n) is 5.36. The summed E-state index contributed by atoms with van der Waals surface area (Å²) in [4.78, 5) is 0. The maximum Gasteiger partial charge on any atom is 0.0715 e. The molecule has 1 aromatic heterocycles. The van der Waals surface area contributed by atoms with Gasteiger partial charge in [-0.25, -0.2) is 4.68 Å². The summed E-state index contributed by atoms with van der Waals surface area (Å²) in [5.41, 5.74) is 5.29. The van der Waals surface area contributed by atoms with Crippen LogP contribution >= 0.6 is 0 Å². The number of rotatable bonds is 2. The molecular formula is C13H16N2O. The summed E-state index contributed by atoms with van der Waals surface area (Å²) in [5, 5.41) is 13.6. The molecule has 0 radical (unpaired) electrons. The molecule has 1 heterocycles. The fraction of sp³-hybridized carbons (Fsp3) is 0.308. The lowest BCUT2D eigenvalue weighted by Crippen LogP contribution is -1.99. The van der Waals surface area contributed by atoms with E-state index in [-0.39, 0.29) is 6.61 Å². The molecule has 0 aliphatic heterocycles. The van der Waals surface area contributed by atoms with Gasteiger partial charge in [-0.15, -0.1) is 0 Å². The third-order valence-electron chi connectivity index (χ3n) is 2.99. The second-order valence-corrected chi connectivity index (χ2v) is 4.06. The van der Waals surface area contributed by atoms with Gasteiger partial charge in [-0.05, 0) is 38.0 Å². The van der Waals surface area contributed by atoms with Crippen molar-refractivity contribution in [3.8, 4) is 5.69 Å². The predicted octanol–water partition coefficient (Wildman–Crippen LogP) is 2.29. The largest absolute Gasteiger partial charge is 0.392 e. The van der Waals surface area contributed by atoms with Crippen LogP contribution in [0.3, 0.4) is 0 Å². The Balaban J connectivity index is 2.54. The number of hydrogen-bond acceptors (Lipinski definition) is 2. The van der Waals surface area contributed by atoms with E-state index in [0.717, 1.165) is 16.9 Å². The Kier molecular flexibility index (Phi) is 2.79. The Hall–Kier alpha value is -1.61. The molecule has 0 aliphatic carbocycles. The number of aliphatic hydroxyl groups excluding tert-OH is 1. The van der Waals surface area contributed by atoms with Crippen LogP contribution in [-0.4, -0.2) is 14.9 Å². The Morgan fingerprint density at radius 2 is 2.00 bits per heavy atom. The van der Waals surface area contributed by atoms with Gasteiger partial charge in [0.15, 0.2) is 0 Å². The smallest absolute Gasteiger partial charge is 0.0715 e. The minimum Gasteiger partial charge on any atom is -0.392 e. The van der Waals surface area contributed by atoms with Crippen molar-refractivity contribution in [2.75, 3.05) is 0 Å². The van der Waals surface area contributed by atoms with E-state index >= 15 is 0 Å². The van der Waals surface area contributed by atoms with Crippen LogP contribution in [0, 0.1) is 20.8 Å². The van der Waals surface area contributed by atoms with Crippen molar-refractivity contribution in [3.63, 3.8) is 0 Å². The van der Waals surface area contributed by atoms with Gasteiger partial charge in [0.2, 0.25) is 0 Å². The molecule has 0 fully saturated rings. The third kappa shape index (κ3) is 1.74. The average molecular weight is 216 g/mol. The van der Waals surface area contributed by atoms with Crippen LogP contribution in [0.2, 0.25) is 0 Å². The Bertz CT molecular complexity index is 515. The molecule has 3 heteroatoms. The van der Waals surface area contributed by atoms with E-state index in [4.69, 9.17) is 5.11 Å². The van der Waals surface area contributed by atoms with E-state index in [1.807, 2.05) is 29.9 Å². The molecule has 0 saturated carbocycles. The highest BCUT2D eigenvalue weighted by Gasteiger charge is 2.07. The maximum absolute atomic E-state index is 9.15. The molecule has 1 N–H and O–H groups in total. The van der Waals surface area contributed by atoms with Gasteiger partial charge in [-0.1, -0.05) is 12.1 Å².